The summed E-state index contributed by atoms with van der Waals surface area (Å²) in [4.78, 5) is 26.8. The number of anilines is 1. The van der Waals surface area contributed by atoms with Gasteiger partial charge in [-0.3, -0.25) is 9.59 Å². The molecule has 2 amide bonds. The number of thiophene rings is 1. The molecule has 0 bridgehead atoms. The zero-order valence-electron chi connectivity index (χ0n) is 9.31. The highest BCUT2D eigenvalue weighted by Crippen LogP contribution is 2.24. The van der Waals surface area contributed by atoms with Gasteiger partial charge in [0.25, 0.3) is 11.8 Å². The standard InChI is InChI=1S/C11H7Cl2N3O2S/c12-7-3-5(4-15-8(7)13)10(18)16-11-6(9(14)17)1-2-19-11/h1-4H,(H2,14,17)(H,16,18). The summed E-state index contributed by atoms with van der Waals surface area (Å²) in [5.74, 6) is -1.06. The number of rotatable bonds is 3. The monoisotopic (exact) mass is 315 g/mol. The van der Waals surface area contributed by atoms with E-state index in [1.807, 2.05) is 0 Å². The van der Waals surface area contributed by atoms with Crippen molar-refractivity contribution in [2.45, 2.75) is 0 Å². The predicted octanol–water partition coefficient (Wildman–Crippen LogP) is 2.80. The van der Waals surface area contributed by atoms with Gasteiger partial charge in [-0.05, 0) is 17.5 Å². The van der Waals surface area contributed by atoms with Crippen molar-refractivity contribution in [2.24, 2.45) is 5.73 Å². The van der Waals surface area contributed by atoms with Crippen LogP contribution < -0.4 is 11.1 Å². The van der Waals surface area contributed by atoms with E-state index in [0.717, 1.165) is 0 Å². The molecule has 0 saturated carbocycles. The molecular weight excluding hydrogens is 309 g/mol. The molecule has 0 atom stereocenters. The Balaban J connectivity index is 2.23. The number of nitrogens with two attached hydrogens (primary N) is 1. The second-order valence-electron chi connectivity index (χ2n) is 3.48. The molecule has 0 saturated heterocycles. The van der Waals surface area contributed by atoms with Gasteiger partial charge in [0.2, 0.25) is 0 Å². The van der Waals surface area contributed by atoms with Gasteiger partial charge in [-0.1, -0.05) is 23.2 Å². The summed E-state index contributed by atoms with van der Waals surface area (Å²) in [5.41, 5.74) is 5.67. The number of hydrogen-bond acceptors (Lipinski definition) is 4. The van der Waals surface area contributed by atoms with Crippen LogP contribution in [0.15, 0.2) is 23.7 Å². The number of aromatic nitrogens is 1. The number of amides is 2. The fourth-order valence-electron chi connectivity index (χ4n) is 1.32. The van der Waals surface area contributed by atoms with Crippen molar-refractivity contribution in [1.29, 1.82) is 0 Å². The molecule has 0 unspecified atom stereocenters. The van der Waals surface area contributed by atoms with Crippen LogP contribution in [-0.4, -0.2) is 16.8 Å². The molecule has 3 N–H and O–H groups in total. The normalized spacial score (nSPS) is 10.2. The Morgan fingerprint density at radius 2 is 2.11 bits per heavy atom. The number of carbonyl (C=O) groups excluding carboxylic acids is 2. The summed E-state index contributed by atoms with van der Waals surface area (Å²) in [6.45, 7) is 0. The lowest BCUT2D eigenvalue weighted by molar-refractivity contribution is 0.100. The Bertz CT molecular complexity index is 657. The van der Waals surface area contributed by atoms with Crippen molar-refractivity contribution >= 4 is 51.4 Å². The Kier molecular flexibility index (Phi) is 4.04. The zero-order valence-corrected chi connectivity index (χ0v) is 11.6. The van der Waals surface area contributed by atoms with E-state index in [-0.39, 0.29) is 21.3 Å². The van der Waals surface area contributed by atoms with Gasteiger partial charge in [0.15, 0.2) is 0 Å². The topological polar surface area (TPSA) is 85.1 Å². The van der Waals surface area contributed by atoms with Gasteiger partial charge in [0, 0.05) is 6.20 Å². The first-order valence-corrected chi connectivity index (χ1v) is 6.62. The van der Waals surface area contributed by atoms with E-state index >= 15 is 0 Å². The first-order valence-electron chi connectivity index (χ1n) is 4.98. The third kappa shape index (κ3) is 3.04. The fourth-order valence-corrected chi connectivity index (χ4v) is 2.38. The van der Waals surface area contributed by atoms with Crippen LogP contribution in [0.25, 0.3) is 0 Å². The maximum Gasteiger partial charge on any atom is 0.257 e. The Hall–Kier alpha value is -1.63. The number of nitrogens with one attached hydrogen (secondary N) is 1. The van der Waals surface area contributed by atoms with Gasteiger partial charge in [-0.15, -0.1) is 11.3 Å². The SMILES string of the molecule is NC(=O)c1ccsc1NC(=O)c1cnc(Cl)c(Cl)c1. The maximum absolute atomic E-state index is 12.0. The second-order valence-corrected chi connectivity index (χ2v) is 5.16. The highest BCUT2D eigenvalue weighted by molar-refractivity contribution is 7.14. The lowest BCUT2D eigenvalue weighted by Crippen LogP contribution is -2.16. The lowest BCUT2D eigenvalue weighted by atomic mass is 10.2. The van der Waals surface area contributed by atoms with Crippen LogP contribution in [0.1, 0.15) is 20.7 Å². The summed E-state index contributed by atoms with van der Waals surface area (Å²) in [6.07, 6.45) is 1.29. The second kappa shape index (κ2) is 5.56. The maximum atomic E-state index is 12.0. The molecule has 2 aromatic heterocycles. The average molecular weight is 316 g/mol. The third-order valence-corrected chi connectivity index (χ3v) is 3.73. The smallest absolute Gasteiger partial charge is 0.257 e. The molecule has 2 aromatic rings. The van der Waals surface area contributed by atoms with E-state index in [9.17, 15) is 9.59 Å². The molecule has 0 aliphatic carbocycles. The third-order valence-electron chi connectivity index (χ3n) is 2.22. The first kappa shape index (κ1) is 13.8. The van der Waals surface area contributed by atoms with Crippen LogP contribution >= 0.6 is 34.5 Å². The van der Waals surface area contributed by atoms with Crippen molar-refractivity contribution in [3.63, 3.8) is 0 Å². The van der Waals surface area contributed by atoms with Crippen LogP contribution in [0.2, 0.25) is 10.2 Å². The van der Waals surface area contributed by atoms with Gasteiger partial charge in [-0.2, -0.15) is 0 Å². The van der Waals surface area contributed by atoms with Gasteiger partial charge >= 0.3 is 0 Å². The number of primary amides is 1. The fraction of sp³-hybridized carbons (Fsp3) is 0. The highest BCUT2D eigenvalue weighted by Gasteiger charge is 2.14. The van der Waals surface area contributed by atoms with E-state index in [2.05, 4.69) is 10.3 Å². The largest absolute Gasteiger partial charge is 0.366 e. The Morgan fingerprint density at radius 1 is 1.37 bits per heavy atom. The van der Waals surface area contributed by atoms with Crippen LogP contribution in [0.4, 0.5) is 5.00 Å². The quantitative estimate of drug-likeness (QED) is 0.854. The average Bonchev–Trinajstić information content (AvgIpc) is 2.80. The Morgan fingerprint density at radius 3 is 2.74 bits per heavy atom. The van der Waals surface area contributed by atoms with Gasteiger partial charge in [0.05, 0.1) is 16.1 Å². The molecule has 0 fully saturated rings. The van der Waals surface area contributed by atoms with E-state index in [0.29, 0.717) is 5.00 Å². The van der Waals surface area contributed by atoms with Gasteiger partial charge < -0.3 is 11.1 Å². The van der Waals surface area contributed by atoms with E-state index < -0.39 is 11.8 Å². The molecule has 19 heavy (non-hydrogen) atoms. The number of carbonyl (C=O) groups is 2. The molecule has 2 rings (SSSR count). The number of nitrogens with zero attached hydrogens (tertiary/aromatic N) is 1. The number of pyridine rings is 1. The molecule has 5 nitrogen and oxygen atoms in total. The van der Waals surface area contributed by atoms with E-state index in [1.165, 1.54) is 29.7 Å². The number of hydrogen-bond donors (Lipinski definition) is 2. The van der Waals surface area contributed by atoms with Gasteiger partial charge in [-0.25, -0.2) is 4.98 Å². The molecule has 0 spiro atoms. The first-order chi connectivity index (χ1) is 8.99. The molecule has 0 aromatic carbocycles. The van der Waals surface area contributed by atoms with Crippen molar-refractivity contribution in [2.75, 3.05) is 5.32 Å². The summed E-state index contributed by atoms with van der Waals surface area (Å²) in [5, 5.41) is 4.90. The highest BCUT2D eigenvalue weighted by atomic mass is 35.5. The van der Waals surface area contributed by atoms with Crippen molar-refractivity contribution in [3.05, 3.63) is 45.0 Å². The predicted molar refractivity (Wildman–Crippen MR) is 75.0 cm³/mol. The van der Waals surface area contributed by atoms with Crippen LogP contribution in [-0.2, 0) is 0 Å². The van der Waals surface area contributed by atoms with E-state index in [4.69, 9.17) is 28.9 Å². The number of halogens is 2. The van der Waals surface area contributed by atoms with Crippen molar-refractivity contribution < 1.29 is 9.59 Å². The van der Waals surface area contributed by atoms with Gasteiger partial charge in [0.1, 0.15) is 10.2 Å². The molecule has 2 heterocycles. The molecule has 0 radical (unpaired) electrons. The van der Waals surface area contributed by atoms with Crippen LogP contribution in [0.5, 0.6) is 0 Å². The molecule has 8 heteroatoms. The molecular formula is C11H7Cl2N3O2S. The lowest BCUT2D eigenvalue weighted by Gasteiger charge is -2.05. The molecule has 0 aliphatic rings. The molecule has 98 valence electrons. The zero-order chi connectivity index (χ0) is 14.0. The summed E-state index contributed by atoms with van der Waals surface area (Å²) >= 11 is 12.6. The summed E-state index contributed by atoms with van der Waals surface area (Å²) < 4.78 is 0. The summed E-state index contributed by atoms with van der Waals surface area (Å²) in [6, 6.07) is 2.93. The molecule has 0 aliphatic heterocycles. The van der Waals surface area contributed by atoms with Crippen LogP contribution in [0, 0.1) is 0 Å². The van der Waals surface area contributed by atoms with Crippen LogP contribution in [0.3, 0.4) is 0 Å². The minimum atomic E-state index is -0.608. The minimum Gasteiger partial charge on any atom is -0.366 e. The summed E-state index contributed by atoms with van der Waals surface area (Å²) in [7, 11) is 0. The van der Waals surface area contributed by atoms with Crippen molar-refractivity contribution in [1.82, 2.24) is 4.98 Å². The minimum absolute atomic E-state index is 0.118. The Labute approximate surface area is 122 Å². The van der Waals surface area contributed by atoms with Crippen molar-refractivity contribution in [3.8, 4) is 0 Å². The van der Waals surface area contributed by atoms with E-state index in [1.54, 1.807) is 5.38 Å².